The molecule has 1 heterocycles. The number of hydrogen-bond donors (Lipinski definition) is 2. The van der Waals surface area contributed by atoms with E-state index >= 15 is 0 Å². The number of hydrogen-bond acceptors (Lipinski definition) is 3. The summed E-state index contributed by atoms with van der Waals surface area (Å²) in [5, 5.41) is 6.94. The van der Waals surface area contributed by atoms with Gasteiger partial charge in [0.1, 0.15) is 0 Å². The number of guanidine groups is 1. The lowest BCUT2D eigenvalue weighted by molar-refractivity contribution is -0.133. The summed E-state index contributed by atoms with van der Waals surface area (Å²) >= 11 is 0. The molecule has 5 nitrogen and oxygen atoms in total. The Bertz CT molecular complexity index is 499. The van der Waals surface area contributed by atoms with Crippen LogP contribution in [0.3, 0.4) is 0 Å². The van der Waals surface area contributed by atoms with Crippen molar-refractivity contribution in [2.75, 3.05) is 13.7 Å². The number of pyridine rings is 1. The van der Waals surface area contributed by atoms with E-state index in [0.717, 1.165) is 37.5 Å². The molecule has 0 aliphatic heterocycles. The number of aliphatic imine (C=N–C) groups is 1. The van der Waals surface area contributed by atoms with Crippen LogP contribution in [0.15, 0.2) is 29.4 Å². The average Bonchev–Trinajstić information content (AvgIpc) is 2.59. The lowest BCUT2D eigenvalue weighted by Crippen LogP contribution is -2.65. The predicted octanol–water partition coefficient (Wildman–Crippen LogP) is 2.73. The van der Waals surface area contributed by atoms with Gasteiger partial charge in [-0.3, -0.25) is 9.98 Å². The molecule has 0 aromatic carbocycles. The van der Waals surface area contributed by atoms with Gasteiger partial charge in [-0.05, 0) is 38.3 Å². The first-order valence-electron chi connectivity index (χ1n) is 8.68. The first-order valence-corrected chi connectivity index (χ1v) is 8.68. The number of aromatic nitrogens is 1. The van der Waals surface area contributed by atoms with Crippen molar-refractivity contribution in [3.05, 3.63) is 30.1 Å². The first-order chi connectivity index (χ1) is 11.2. The summed E-state index contributed by atoms with van der Waals surface area (Å²) in [5.41, 5.74) is 1.21. The zero-order valence-corrected chi connectivity index (χ0v) is 14.8. The minimum atomic E-state index is 0.207. The molecule has 23 heavy (non-hydrogen) atoms. The summed E-state index contributed by atoms with van der Waals surface area (Å²) in [6.45, 7) is 8.05. The average molecular weight is 318 g/mol. The molecule has 2 rings (SSSR count). The third-order valence-corrected chi connectivity index (χ3v) is 5.17. The van der Waals surface area contributed by atoms with Crippen LogP contribution in [0.25, 0.3) is 0 Å². The zero-order valence-electron chi connectivity index (χ0n) is 14.8. The molecule has 2 unspecified atom stereocenters. The van der Waals surface area contributed by atoms with Gasteiger partial charge < -0.3 is 15.4 Å². The summed E-state index contributed by atoms with van der Waals surface area (Å²) in [5.74, 6) is 0.835. The van der Waals surface area contributed by atoms with Gasteiger partial charge in [0, 0.05) is 31.3 Å². The smallest absolute Gasteiger partial charge is 0.191 e. The van der Waals surface area contributed by atoms with Crippen LogP contribution in [0.2, 0.25) is 0 Å². The molecule has 0 spiro atoms. The van der Waals surface area contributed by atoms with Crippen LogP contribution in [0, 0.1) is 5.41 Å². The van der Waals surface area contributed by atoms with Crippen LogP contribution in [0.5, 0.6) is 0 Å². The van der Waals surface area contributed by atoms with E-state index in [1.807, 2.05) is 31.4 Å². The molecule has 1 aliphatic carbocycles. The van der Waals surface area contributed by atoms with Crippen molar-refractivity contribution < 1.29 is 4.74 Å². The molecule has 5 heteroatoms. The minimum absolute atomic E-state index is 0.207. The topological polar surface area (TPSA) is 58.5 Å². The van der Waals surface area contributed by atoms with E-state index in [1.54, 1.807) is 0 Å². The standard InChI is InChI=1S/C18H30N4O/c1-5-18(6-2)15(12-16(18)23-7-3)22-17(19-4)21-13-14-10-8-9-11-20-14/h8-11,15-16H,5-7,12-13H2,1-4H3,(H2,19,21,22). The lowest BCUT2D eigenvalue weighted by Gasteiger charge is -2.55. The molecule has 0 amide bonds. The maximum atomic E-state index is 5.94. The SMILES string of the molecule is CCOC1CC(NC(=NC)NCc2ccccn2)C1(CC)CC. The van der Waals surface area contributed by atoms with Crippen LogP contribution < -0.4 is 10.6 Å². The number of nitrogens with zero attached hydrogens (tertiary/aromatic N) is 2. The van der Waals surface area contributed by atoms with Crippen molar-refractivity contribution in [3.8, 4) is 0 Å². The fourth-order valence-corrected chi connectivity index (χ4v) is 3.62. The van der Waals surface area contributed by atoms with Crippen molar-refractivity contribution in [1.29, 1.82) is 0 Å². The van der Waals surface area contributed by atoms with Crippen molar-refractivity contribution in [1.82, 2.24) is 15.6 Å². The summed E-state index contributed by atoms with van der Waals surface area (Å²) in [6.07, 6.45) is 5.44. The number of nitrogens with one attached hydrogen (secondary N) is 2. The molecular formula is C18H30N4O. The van der Waals surface area contributed by atoms with Crippen molar-refractivity contribution in [3.63, 3.8) is 0 Å². The molecule has 1 aromatic rings. The van der Waals surface area contributed by atoms with Gasteiger partial charge in [-0.15, -0.1) is 0 Å². The van der Waals surface area contributed by atoms with Gasteiger partial charge in [0.2, 0.25) is 0 Å². The minimum Gasteiger partial charge on any atom is -0.378 e. The van der Waals surface area contributed by atoms with Crippen LogP contribution in [-0.4, -0.2) is 36.7 Å². The zero-order chi connectivity index (χ0) is 16.7. The Balaban J connectivity index is 1.93. The fraction of sp³-hybridized carbons (Fsp3) is 0.667. The largest absolute Gasteiger partial charge is 0.378 e. The summed E-state index contributed by atoms with van der Waals surface area (Å²) in [6, 6.07) is 6.34. The molecule has 2 atom stereocenters. The number of rotatable bonds is 7. The van der Waals surface area contributed by atoms with E-state index in [-0.39, 0.29) is 5.41 Å². The monoisotopic (exact) mass is 318 g/mol. The lowest BCUT2D eigenvalue weighted by atomic mass is 9.58. The van der Waals surface area contributed by atoms with E-state index in [9.17, 15) is 0 Å². The molecule has 1 aromatic heterocycles. The predicted molar refractivity (Wildman–Crippen MR) is 94.4 cm³/mol. The molecule has 128 valence electrons. The van der Waals surface area contributed by atoms with E-state index in [0.29, 0.717) is 18.7 Å². The fourth-order valence-electron chi connectivity index (χ4n) is 3.62. The molecule has 1 aliphatic rings. The third kappa shape index (κ3) is 3.83. The van der Waals surface area contributed by atoms with E-state index in [4.69, 9.17) is 4.74 Å². The molecular weight excluding hydrogens is 288 g/mol. The van der Waals surface area contributed by atoms with Gasteiger partial charge in [-0.2, -0.15) is 0 Å². The maximum absolute atomic E-state index is 5.94. The second-order valence-electron chi connectivity index (χ2n) is 6.06. The Morgan fingerprint density at radius 1 is 1.35 bits per heavy atom. The Kier molecular flexibility index (Phi) is 6.39. The van der Waals surface area contributed by atoms with Crippen LogP contribution in [-0.2, 0) is 11.3 Å². The third-order valence-electron chi connectivity index (χ3n) is 5.17. The molecule has 2 N–H and O–H groups in total. The molecule has 0 saturated heterocycles. The van der Waals surface area contributed by atoms with Crippen molar-refractivity contribution in [2.45, 2.75) is 58.7 Å². The Hall–Kier alpha value is -1.62. The number of ether oxygens (including phenoxy) is 1. The normalized spacial score (nSPS) is 23.2. The highest BCUT2D eigenvalue weighted by Crippen LogP contribution is 2.48. The summed E-state index contributed by atoms with van der Waals surface area (Å²) < 4.78 is 5.94. The molecule has 0 radical (unpaired) electrons. The Morgan fingerprint density at radius 3 is 2.70 bits per heavy atom. The quantitative estimate of drug-likeness (QED) is 0.599. The molecule has 1 fully saturated rings. The van der Waals surface area contributed by atoms with Crippen molar-refractivity contribution in [2.24, 2.45) is 10.4 Å². The van der Waals surface area contributed by atoms with Gasteiger partial charge in [0.05, 0.1) is 18.3 Å². The highest BCUT2D eigenvalue weighted by Gasteiger charge is 2.53. The van der Waals surface area contributed by atoms with Crippen molar-refractivity contribution >= 4 is 5.96 Å². The second-order valence-corrected chi connectivity index (χ2v) is 6.06. The highest BCUT2D eigenvalue weighted by molar-refractivity contribution is 5.80. The van der Waals surface area contributed by atoms with E-state index < -0.39 is 0 Å². The molecule has 1 saturated carbocycles. The first kappa shape index (κ1) is 17.7. The van der Waals surface area contributed by atoms with Crippen LogP contribution >= 0.6 is 0 Å². The summed E-state index contributed by atoms with van der Waals surface area (Å²) in [7, 11) is 1.81. The Morgan fingerprint density at radius 2 is 2.13 bits per heavy atom. The maximum Gasteiger partial charge on any atom is 0.191 e. The van der Waals surface area contributed by atoms with E-state index in [2.05, 4.69) is 41.4 Å². The Labute approximate surface area is 139 Å². The second kappa shape index (κ2) is 8.29. The summed E-state index contributed by atoms with van der Waals surface area (Å²) in [4.78, 5) is 8.69. The van der Waals surface area contributed by atoms with Crippen LogP contribution in [0.4, 0.5) is 0 Å². The van der Waals surface area contributed by atoms with Gasteiger partial charge in [0.15, 0.2) is 5.96 Å². The van der Waals surface area contributed by atoms with Gasteiger partial charge in [-0.1, -0.05) is 19.9 Å². The van der Waals surface area contributed by atoms with Crippen LogP contribution in [0.1, 0.15) is 45.7 Å². The van der Waals surface area contributed by atoms with Gasteiger partial charge in [-0.25, -0.2) is 0 Å². The van der Waals surface area contributed by atoms with Gasteiger partial charge in [0.25, 0.3) is 0 Å². The van der Waals surface area contributed by atoms with Gasteiger partial charge >= 0.3 is 0 Å². The highest BCUT2D eigenvalue weighted by atomic mass is 16.5. The van der Waals surface area contributed by atoms with E-state index in [1.165, 1.54) is 0 Å². The molecule has 0 bridgehead atoms.